The molecule has 5 nitrogen and oxygen atoms in total. The number of H-pyrrole nitrogens is 1. The molecule has 0 unspecified atom stereocenters. The number of rotatable bonds is 2. The number of hydrogen-bond donors (Lipinski definition) is 2. The van der Waals surface area contributed by atoms with Crippen molar-refractivity contribution in [1.29, 1.82) is 0 Å². The first-order valence-electron chi connectivity index (χ1n) is 5.57. The molecule has 1 aromatic heterocycles. The Morgan fingerprint density at radius 2 is 2.12 bits per heavy atom. The number of aromatic nitrogens is 2. The van der Waals surface area contributed by atoms with Gasteiger partial charge in [0.1, 0.15) is 0 Å². The van der Waals surface area contributed by atoms with Gasteiger partial charge >= 0.3 is 0 Å². The molecular weight excluding hydrogens is 238 g/mol. The minimum absolute atomic E-state index is 0.0902. The Morgan fingerprint density at radius 1 is 1.29 bits per heavy atom. The Kier molecular flexibility index (Phi) is 2.41. The largest absolute Gasteiger partial charge is 0.329 e. The minimum Gasteiger partial charge on any atom is -0.329 e. The van der Waals surface area contributed by atoms with E-state index in [1.165, 1.54) is 0 Å². The standard InChI is InChI=1S/C11H13N3O2S/c15-17(16,8-5-6-12-7-8)11-13-9-3-1-2-4-10(9)14-11/h1-4,8,12H,5-7H2,(H,13,14)/t8-/m0/s1. The summed E-state index contributed by atoms with van der Waals surface area (Å²) < 4.78 is 24.5. The summed E-state index contributed by atoms with van der Waals surface area (Å²) in [6.07, 6.45) is 0.652. The summed E-state index contributed by atoms with van der Waals surface area (Å²) in [7, 11) is -3.33. The van der Waals surface area contributed by atoms with Crippen LogP contribution in [-0.2, 0) is 9.84 Å². The predicted molar refractivity (Wildman–Crippen MR) is 64.6 cm³/mol. The molecule has 0 radical (unpaired) electrons. The lowest BCUT2D eigenvalue weighted by atomic mass is 10.3. The average molecular weight is 251 g/mol. The molecular formula is C11H13N3O2S. The van der Waals surface area contributed by atoms with Gasteiger partial charge in [-0.2, -0.15) is 0 Å². The van der Waals surface area contributed by atoms with Crippen LogP contribution in [0.4, 0.5) is 0 Å². The topological polar surface area (TPSA) is 74.8 Å². The Balaban J connectivity index is 2.08. The molecule has 0 saturated carbocycles. The first kappa shape index (κ1) is 10.7. The summed E-state index contributed by atoms with van der Waals surface area (Å²) in [5.41, 5.74) is 1.45. The number of nitrogens with one attached hydrogen (secondary N) is 2. The summed E-state index contributed by atoms with van der Waals surface area (Å²) in [5, 5.41) is 2.79. The molecule has 1 aromatic carbocycles. The van der Waals surface area contributed by atoms with Gasteiger partial charge in [-0.05, 0) is 25.1 Å². The number of sulfone groups is 1. The summed E-state index contributed by atoms with van der Waals surface area (Å²) in [6.45, 7) is 1.27. The fourth-order valence-electron chi connectivity index (χ4n) is 2.12. The molecule has 2 heterocycles. The number of fused-ring (bicyclic) bond motifs is 1. The van der Waals surface area contributed by atoms with E-state index >= 15 is 0 Å². The Hall–Kier alpha value is -1.40. The second kappa shape index (κ2) is 3.82. The number of para-hydroxylation sites is 2. The molecule has 90 valence electrons. The summed E-state index contributed by atoms with van der Waals surface area (Å²) in [6, 6.07) is 7.33. The van der Waals surface area contributed by atoms with E-state index in [0.717, 1.165) is 12.1 Å². The van der Waals surface area contributed by atoms with Crippen molar-refractivity contribution in [3.63, 3.8) is 0 Å². The minimum atomic E-state index is -3.33. The number of aromatic amines is 1. The van der Waals surface area contributed by atoms with E-state index < -0.39 is 9.84 Å². The molecule has 0 bridgehead atoms. The Bertz CT molecular complexity index is 609. The van der Waals surface area contributed by atoms with Crippen LogP contribution < -0.4 is 5.32 Å². The van der Waals surface area contributed by atoms with Gasteiger partial charge in [-0.25, -0.2) is 13.4 Å². The first-order chi connectivity index (χ1) is 8.18. The maximum atomic E-state index is 12.3. The van der Waals surface area contributed by atoms with Gasteiger partial charge in [-0.1, -0.05) is 12.1 Å². The second-order valence-corrected chi connectivity index (χ2v) is 6.36. The number of hydrogen-bond acceptors (Lipinski definition) is 4. The van der Waals surface area contributed by atoms with Gasteiger partial charge in [0.2, 0.25) is 15.0 Å². The van der Waals surface area contributed by atoms with Crippen LogP contribution >= 0.6 is 0 Å². The molecule has 3 rings (SSSR count). The molecule has 0 aliphatic carbocycles. The Morgan fingerprint density at radius 3 is 2.82 bits per heavy atom. The highest BCUT2D eigenvalue weighted by Gasteiger charge is 2.32. The zero-order chi connectivity index (χ0) is 11.9. The van der Waals surface area contributed by atoms with Crippen molar-refractivity contribution in [2.24, 2.45) is 0 Å². The van der Waals surface area contributed by atoms with Crippen LogP contribution in [0.15, 0.2) is 29.4 Å². The van der Waals surface area contributed by atoms with E-state index in [1.807, 2.05) is 18.2 Å². The van der Waals surface area contributed by atoms with Crippen molar-refractivity contribution in [3.8, 4) is 0 Å². The maximum Gasteiger partial charge on any atom is 0.226 e. The van der Waals surface area contributed by atoms with Crippen LogP contribution in [0.3, 0.4) is 0 Å². The molecule has 1 fully saturated rings. The van der Waals surface area contributed by atoms with Crippen molar-refractivity contribution in [1.82, 2.24) is 15.3 Å². The van der Waals surface area contributed by atoms with Gasteiger partial charge in [0.05, 0.1) is 16.3 Å². The van der Waals surface area contributed by atoms with Crippen molar-refractivity contribution < 1.29 is 8.42 Å². The monoisotopic (exact) mass is 251 g/mol. The molecule has 0 spiro atoms. The SMILES string of the molecule is O=S(=O)(c1nc2ccccc2[nH]1)[C@H]1CCNC1. The normalized spacial score (nSPS) is 21.1. The molecule has 1 saturated heterocycles. The lowest BCUT2D eigenvalue weighted by Crippen LogP contribution is -2.24. The van der Waals surface area contributed by atoms with Crippen molar-refractivity contribution in [3.05, 3.63) is 24.3 Å². The average Bonchev–Trinajstić information content (AvgIpc) is 2.98. The second-order valence-electron chi connectivity index (χ2n) is 4.22. The quantitative estimate of drug-likeness (QED) is 0.824. The Labute approximate surface area is 99.2 Å². The van der Waals surface area contributed by atoms with Crippen LogP contribution in [0.1, 0.15) is 6.42 Å². The highest BCUT2D eigenvalue weighted by atomic mass is 32.2. The van der Waals surface area contributed by atoms with Crippen molar-refractivity contribution in [2.75, 3.05) is 13.1 Å². The van der Waals surface area contributed by atoms with Crippen LogP contribution in [0, 0.1) is 0 Å². The first-order valence-corrected chi connectivity index (χ1v) is 7.12. The van der Waals surface area contributed by atoms with Gasteiger partial charge in [-0.15, -0.1) is 0 Å². The smallest absolute Gasteiger partial charge is 0.226 e. The van der Waals surface area contributed by atoms with Gasteiger partial charge in [0.25, 0.3) is 0 Å². The fraction of sp³-hybridized carbons (Fsp3) is 0.364. The van der Waals surface area contributed by atoms with E-state index in [0.29, 0.717) is 18.5 Å². The molecule has 1 atom stereocenters. The fourth-order valence-corrected chi connectivity index (χ4v) is 3.67. The van der Waals surface area contributed by atoms with Gasteiger partial charge in [0.15, 0.2) is 0 Å². The van der Waals surface area contributed by atoms with E-state index in [1.54, 1.807) is 6.07 Å². The summed E-state index contributed by atoms with van der Waals surface area (Å²) in [5.74, 6) is 0. The molecule has 1 aliphatic heterocycles. The van der Waals surface area contributed by atoms with E-state index in [-0.39, 0.29) is 10.4 Å². The lowest BCUT2D eigenvalue weighted by molar-refractivity contribution is 0.576. The molecule has 6 heteroatoms. The highest BCUT2D eigenvalue weighted by Crippen LogP contribution is 2.20. The highest BCUT2D eigenvalue weighted by molar-refractivity contribution is 7.91. The third kappa shape index (κ3) is 1.73. The van der Waals surface area contributed by atoms with Crippen LogP contribution in [0.5, 0.6) is 0 Å². The maximum absolute atomic E-state index is 12.3. The summed E-state index contributed by atoms with van der Waals surface area (Å²) >= 11 is 0. The third-order valence-electron chi connectivity index (χ3n) is 3.09. The van der Waals surface area contributed by atoms with Crippen molar-refractivity contribution in [2.45, 2.75) is 16.8 Å². The molecule has 2 aromatic rings. The van der Waals surface area contributed by atoms with E-state index in [2.05, 4.69) is 15.3 Å². The van der Waals surface area contributed by atoms with Crippen LogP contribution in [-0.4, -0.2) is 36.7 Å². The van der Waals surface area contributed by atoms with E-state index in [4.69, 9.17) is 0 Å². The summed E-state index contributed by atoms with van der Waals surface area (Å²) in [4.78, 5) is 7.04. The number of benzene rings is 1. The number of nitrogens with zero attached hydrogens (tertiary/aromatic N) is 1. The third-order valence-corrected chi connectivity index (χ3v) is 5.10. The van der Waals surface area contributed by atoms with Crippen LogP contribution in [0.2, 0.25) is 0 Å². The van der Waals surface area contributed by atoms with Crippen molar-refractivity contribution >= 4 is 20.9 Å². The molecule has 17 heavy (non-hydrogen) atoms. The van der Waals surface area contributed by atoms with Gasteiger partial charge in [-0.3, -0.25) is 0 Å². The van der Waals surface area contributed by atoms with Crippen LogP contribution in [0.25, 0.3) is 11.0 Å². The molecule has 1 aliphatic rings. The van der Waals surface area contributed by atoms with Gasteiger partial charge < -0.3 is 10.3 Å². The molecule has 0 amide bonds. The van der Waals surface area contributed by atoms with Gasteiger partial charge in [0, 0.05) is 6.54 Å². The lowest BCUT2D eigenvalue weighted by Gasteiger charge is -2.06. The zero-order valence-corrected chi connectivity index (χ0v) is 10.00. The zero-order valence-electron chi connectivity index (χ0n) is 9.18. The predicted octanol–water partition coefficient (Wildman–Crippen LogP) is 0.699. The number of imidazole rings is 1. The van der Waals surface area contributed by atoms with E-state index in [9.17, 15) is 8.42 Å². The molecule has 2 N–H and O–H groups in total.